The molecule has 0 bridgehead atoms. The Kier molecular flexibility index (Phi) is 4.86. The lowest BCUT2D eigenvalue weighted by atomic mass is 9.94. The smallest absolute Gasteiger partial charge is 0.227 e. The summed E-state index contributed by atoms with van der Waals surface area (Å²) >= 11 is 0. The van der Waals surface area contributed by atoms with E-state index in [2.05, 4.69) is 9.97 Å². The number of carbonyl (C=O) groups excluding carboxylic acids is 1. The molecule has 5 heteroatoms. The number of likely N-dealkylation sites (tertiary alicyclic amines) is 1. The number of amides is 1. The Balaban J connectivity index is 1.68. The number of piperidine rings is 1. The van der Waals surface area contributed by atoms with Gasteiger partial charge in [0.2, 0.25) is 5.91 Å². The number of hydrogen-bond acceptors (Lipinski definition) is 4. The number of methoxy groups -OCH3 is 1. The molecule has 1 aromatic carbocycles. The van der Waals surface area contributed by atoms with Gasteiger partial charge in [-0.2, -0.15) is 0 Å². The Labute approximate surface area is 136 Å². The van der Waals surface area contributed by atoms with Crippen LogP contribution >= 0.6 is 0 Å². The van der Waals surface area contributed by atoms with Crippen LogP contribution in [0.1, 0.15) is 30.0 Å². The Bertz CT molecular complexity index is 660. The third kappa shape index (κ3) is 3.67. The minimum atomic E-state index is 0.142. The summed E-state index contributed by atoms with van der Waals surface area (Å²) in [4.78, 5) is 23.1. The molecule has 23 heavy (non-hydrogen) atoms. The molecule has 0 spiro atoms. The number of rotatable bonds is 4. The standard InChI is InChI=1S/C18H21N3O2/c1-23-17-7-3-2-5-14(17)11-18(22)21-10-4-6-15(13-21)16-12-19-8-9-20-16/h2-3,5,7-9,12,15H,4,6,10-11,13H2,1H3. The predicted molar refractivity (Wildman–Crippen MR) is 87.3 cm³/mol. The van der Waals surface area contributed by atoms with Crippen LogP contribution in [0.5, 0.6) is 5.75 Å². The van der Waals surface area contributed by atoms with E-state index in [1.165, 1.54) is 0 Å². The predicted octanol–water partition coefficient (Wildman–Crippen LogP) is 2.43. The molecule has 5 nitrogen and oxygen atoms in total. The van der Waals surface area contributed by atoms with Crippen molar-refractivity contribution < 1.29 is 9.53 Å². The van der Waals surface area contributed by atoms with E-state index in [0.717, 1.165) is 36.4 Å². The molecule has 1 aliphatic rings. The van der Waals surface area contributed by atoms with E-state index in [-0.39, 0.29) is 11.8 Å². The molecule has 1 fully saturated rings. The highest BCUT2D eigenvalue weighted by atomic mass is 16.5. The van der Waals surface area contributed by atoms with Crippen molar-refractivity contribution >= 4 is 5.91 Å². The van der Waals surface area contributed by atoms with E-state index in [1.807, 2.05) is 29.2 Å². The van der Waals surface area contributed by atoms with Crippen LogP contribution in [-0.2, 0) is 11.2 Å². The fourth-order valence-electron chi connectivity index (χ4n) is 3.09. The SMILES string of the molecule is COc1ccccc1CC(=O)N1CCCC(c2cnccn2)C1. The number of aromatic nitrogens is 2. The van der Waals surface area contributed by atoms with Gasteiger partial charge < -0.3 is 9.64 Å². The first-order valence-corrected chi connectivity index (χ1v) is 7.93. The summed E-state index contributed by atoms with van der Waals surface area (Å²) in [6.07, 6.45) is 7.62. The first-order valence-electron chi connectivity index (χ1n) is 7.93. The summed E-state index contributed by atoms with van der Waals surface area (Å²) < 4.78 is 5.33. The van der Waals surface area contributed by atoms with E-state index in [4.69, 9.17) is 4.74 Å². The highest BCUT2D eigenvalue weighted by Gasteiger charge is 2.26. The number of benzene rings is 1. The molecule has 0 N–H and O–H groups in total. The van der Waals surface area contributed by atoms with Gasteiger partial charge in [-0.25, -0.2) is 0 Å². The molecule has 1 amide bonds. The van der Waals surface area contributed by atoms with Gasteiger partial charge in [-0.3, -0.25) is 14.8 Å². The maximum atomic E-state index is 12.6. The number of ether oxygens (including phenoxy) is 1. The van der Waals surface area contributed by atoms with Crippen LogP contribution in [0.3, 0.4) is 0 Å². The zero-order valence-electron chi connectivity index (χ0n) is 13.3. The van der Waals surface area contributed by atoms with Crippen molar-refractivity contribution in [1.82, 2.24) is 14.9 Å². The summed E-state index contributed by atoms with van der Waals surface area (Å²) in [7, 11) is 1.63. The summed E-state index contributed by atoms with van der Waals surface area (Å²) in [5.74, 6) is 1.19. The fourth-order valence-corrected chi connectivity index (χ4v) is 3.09. The van der Waals surface area contributed by atoms with Crippen molar-refractivity contribution in [2.75, 3.05) is 20.2 Å². The Hall–Kier alpha value is -2.43. The minimum Gasteiger partial charge on any atom is -0.496 e. The van der Waals surface area contributed by atoms with Crippen LogP contribution in [0.4, 0.5) is 0 Å². The molecule has 1 aliphatic heterocycles. The molecule has 1 aromatic heterocycles. The second-order valence-corrected chi connectivity index (χ2v) is 5.80. The van der Waals surface area contributed by atoms with Crippen molar-refractivity contribution in [2.45, 2.75) is 25.2 Å². The summed E-state index contributed by atoms with van der Waals surface area (Å²) in [6.45, 7) is 1.53. The van der Waals surface area contributed by atoms with Crippen LogP contribution in [0.15, 0.2) is 42.9 Å². The third-order valence-corrected chi connectivity index (χ3v) is 4.31. The van der Waals surface area contributed by atoms with Crippen molar-refractivity contribution in [2.24, 2.45) is 0 Å². The summed E-state index contributed by atoms with van der Waals surface area (Å²) in [5.41, 5.74) is 1.91. The van der Waals surface area contributed by atoms with E-state index >= 15 is 0 Å². The Morgan fingerprint density at radius 1 is 1.35 bits per heavy atom. The maximum Gasteiger partial charge on any atom is 0.227 e. The summed E-state index contributed by atoms with van der Waals surface area (Å²) in [6, 6.07) is 7.68. The molecule has 0 saturated carbocycles. The largest absolute Gasteiger partial charge is 0.496 e. The van der Waals surface area contributed by atoms with E-state index in [0.29, 0.717) is 13.0 Å². The maximum absolute atomic E-state index is 12.6. The number of hydrogen-bond donors (Lipinski definition) is 0. The van der Waals surface area contributed by atoms with E-state index in [9.17, 15) is 4.79 Å². The monoisotopic (exact) mass is 311 g/mol. The topological polar surface area (TPSA) is 55.3 Å². The second kappa shape index (κ2) is 7.22. The molecule has 120 valence electrons. The third-order valence-electron chi connectivity index (χ3n) is 4.31. The quantitative estimate of drug-likeness (QED) is 0.870. The van der Waals surface area contributed by atoms with Gasteiger partial charge in [-0.1, -0.05) is 18.2 Å². The number of para-hydroxylation sites is 1. The van der Waals surface area contributed by atoms with E-state index < -0.39 is 0 Å². The number of nitrogens with zero attached hydrogens (tertiary/aromatic N) is 3. The minimum absolute atomic E-state index is 0.142. The molecule has 1 atom stereocenters. The van der Waals surface area contributed by atoms with E-state index in [1.54, 1.807) is 25.7 Å². The van der Waals surface area contributed by atoms with Crippen LogP contribution in [0.2, 0.25) is 0 Å². The molecule has 0 aliphatic carbocycles. The van der Waals surface area contributed by atoms with Gasteiger partial charge in [0.15, 0.2) is 0 Å². The lowest BCUT2D eigenvalue weighted by Gasteiger charge is -2.32. The first-order chi connectivity index (χ1) is 11.3. The van der Waals surface area contributed by atoms with Crippen LogP contribution in [-0.4, -0.2) is 41.0 Å². The average molecular weight is 311 g/mol. The highest BCUT2D eigenvalue weighted by molar-refractivity contribution is 5.79. The normalized spacial score (nSPS) is 17.8. The zero-order chi connectivity index (χ0) is 16.1. The lowest BCUT2D eigenvalue weighted by molar-refractivity contribution is -0.131. The highest BCUT2D eigenvalue weighted by Crippen LogP contribution is 2.26. The Morgan fingerprint density at radius 2 is 2.22 bits per heavy atom. The molecule has 2 aromatic rings. The Morgan fingerprint density at radius 3 is 3.00 bits per heavy atom. The molecular formula is C18H21N3O2. The molecule has 1 unspecified atom stereocenters. The number of carbonyl (C=O) groups is 1. The van der Waals surface area contributed by atoms with Gasteiger partial charge in [0, 0.05) is 43.2 Å². The molecular weight excluding hydrogens is 290 g/mol. The van der Waals surface area contributed by atoms with Crippen molar-refractivity contribution in [1.29, 1.82) is 0 Å². The lowest BCUT2D eigenvalue weighted by Crippen LogP contribution is -2.40. The van der Waals surface area contributed by atoms with Crippen LogP contribution in [0, 0.1) is 0 Å². The molecule has 1 saturated heterocycles. The van der Waals surface area contributed by atoms with Gasteiger partial charge in [0.1, 0.15) is 5.75 Å². The van der Waals surface area contributed by atoms with Crippen molar-refractivity contribution in [3.8, 4) is 5.75 Å². The van der Waals surface area contributed by atoms with Gasteiger partial charge >= 0.3 is 0 Å². The van der Waals surface area contributed by atoms with Crippen molar-refractivity contribution in [3.05, 3.63) is 54.1 Å². The van der Waals surface area contributed by atoms with Gasteiger partial charge in [-0.05, 0) is 18.9 Å². The van der Waals surface area contributed by atoms with Crippen molar-refractivity contribution in [3.63, 3.8) is 0 Å². The fraction of sp³-hybridized carbons (Fsp3) is 0.389. The van der Waals surface area contributed by atoms with Crippen LogP contribution in [0.25, 0.3) is 0 Å². The molecule has 3 rings (SSSR count). The van der Waals surface area contributed by atoms with Gasteiger partial charge in [0.25, 0.3) is 0 Å². The average Bonchev–Trinajstić information content (AvgIpc) is 2.63. The van der Waals surface area contributed by atoms with Gasteiger partial charge in [-0.15, -0.1) is 0 Å². The molecule has 0 radical (unpaired) electrons. The molecule has 2 heterocycles. The summed E-state index contributed by atoms with van der Waals surface area (Å²) in [5, 5.41) is 0. The van der Waals surface area contributed by atoms with Gasteiger partial charge in [0.05, 0.1) is 19.2 Å². The first kappa shape index (κ1) is 15.5. The zero-order valence-corrected chi connectivity index (χ0v) is 13.3. The van der Waals surface area contributed by atoms with Crippen LogP contribution < -0.4 is 4.74 Å². The second-order valence-electron chi connectivity index (χ2n) is 5.80.